The summed E-state index contributed by atoms with van der Waals surface area (Å²) >= 11 is 7.75. The lowest BCUT2D eigenvalue weighted by Crippen LogP contribution is -2.14. The zero-order valence-corrected chi connectivity index (χ0v) is 32.0. The summed E-state index contributed by atoms with van der Waals surface area (Å²) < 4.78 is 0. The molecule has 1 fully saturated rings. The van der Waals surface area contributed by atoms with Crippen molar-refractivity contribution in [1.82, 2.24) is 9.97 Å². The number of thioether (sulfide) groups is 1. The molecular formula is C41H60ClN3OS. The Hall–Kier alpha value is -2.60. The third-order valence-electron chi connectivity index (χ3n) is 8.40. The maximum atomic E-state index is 10.4. The van der Waals surface area contributed by atoms with Gasteiger partial charge in [-0.2, -0.15) is 0 Å². The van der Waals surface area contributed by atoms with Crippen molar-refractivity contribution in [3.63, 3.8) is 0 Å². The predicted molar refractivity (Wildman–Crippen MR) is 209 cm³/mol. The number of para-hydroxylation sites is 1. The Labute approximate surface area is 295 Å². The van der Waals surface area contributed by atoms with E-state index in [1.165, 1.54) is 36.2 Å². The van der Waals surface area contributed by atoms with Crippen LogP contribution in [0.3, 0.4) is 0 Å². The molecule has 4 rings (SSSR count). The smallest absolute Gasteiger partial charge is 0.139 e. The van der Waals surface area contributed by atoms with E-state index in [2.05, 4.69) is 70.2 Å². The molecule has 0 radical (unpaired) electrons. The molecule has 3 aromatic rings. The first-order chi connectivity index (χ1) is 22.2. The van der Waals surface area contributed by atoms with Crippen molar-refractivity contribution >= 4 is 40.1 Å². The highest BCUT2D eigenvalue weighted by molar-refractivity contribution is 8.00. The molecule has 2 unspecified atom stereocenters. The Balaban J connectivity index is 0.000000287. The number of benzene rings is 2. The first-order valence-corrected chi connectivity index (χ1v) is 18.5. The molecule has 4 nitrogen and oxygen atoms in total. The van der Waals surface area contributed by atoms with Gasteiger partial charge in [0.25, 0.3) is 0 Å². The van der Waals surface area contributed by atoms with E-state index < -0.39 is 0 Å². The van der Waals surface area contributed by atoms with Crippen molar-refractivity contribution in [3.05, 3.63) is 95.8 Å². The van der Waals surface area contributed by atoms with E-state index in [9.17, 15) is 5.11 Å². The van der Waals surface area contributed by atoms with Crippen LogP contribution in [0.4, 0.5) is 5.82 Å². The van der Waals surface area contributed by atoms with Crippen molar-refractivity contribution in [1.29, 1.82) is 0 Å². The average Bonchev–Trinajstić information content (AvgIpc) is 3.02. The minimum atomic E-state index is -0.328. The third kappa shape index (κ3) is 15.4. The van der Waals surface area contributed by atoms with Gasteiger partial charge < -0.3 is 10.0 Å². The monoisotopic (exact) mass is 677 g/mol. The van der Waals surface area contributed by atoms with Crippen molar-refractivity contribution in [2.24, 2.45) is 17.3 Å². The van der Waals surface area contributed by atoms with Crippen LogP contribution in [-0.2, 0) is 0 Å². The van der Waals surface area contributed by atoms with E-state index >= 15 is 0 Å². The third-order valence-corrected chi connectivity index (χ3v) is 10.1. The summed E-state index contributed by atoms with van der Waals surface area (Å²) in [6.07, 6.45) is 16.1. The van der Waals surface area contributed by atoms with Crippen LogP contribution in [0.5, 0.6) is 0 Å². The van der Waals surface area contributed by atoms with E-state index in [4.69, 9.17) is 11.6 Å². The number of anilines is 1. The SMILES string of the molecule is C=C/C=C(\C=C/CC(O)CC(CC)Sc1ccc(Cl)cc1)C(C)(C)C.CC1CCC(C)CC1.Cc1nc(N(C)C)c2ccccc2n1. The summed E-state index contributed by atoms with van der Waals surface area (Å²) in [6.45, 7) is 19.1. The topological polar surface area (TPSA) is 49.3 Å². The second-order valence-corrected chi connectivity index (χ2v) is 15.9. The van der Waals surface area contributed by atoms with Crippen molar-refractivity contribution in [3.8, 4) is 0 Å². The number of rotatable bonds is 10. The number of aromatic nitrogens is 2. The number of halogens is 1. The Kier molecular flexibility index (Phi) is 17.9. The predicted octanol–water partition coefficient (Wildman–Crippen LogP) is 11.9. The molecule has 1 saturated carbocycles. The summed E-state index contributed by atoms with van der Waals surface area (Å²) in [5.41, 5.74) is 2.30. The van der Waals surface area contributed by atoms with Crippen LogP contribution in [-0.4, -0.2) is 40.5 Å². The van der Waals surface area contributed by atoms with Crippen LogP contribution >= 0.6 is 23.4 Å². The quantitative estimate of drug-likeness (QED) is 0.171. The number of hydrogen-bond donors (Lipinski definition) is 1. The molecule has 47 heavy (non-hydrogen) atoms. The fourth-order valence-electron chi connectivity index (χ4n) is 5.38. The van der Waals surface area contributed by atoms with Crippen molar-refractivity contribution < 1.29 is 5.11 Å². The normalized spacial score (nSPS) is 18.1. The molecule has 1 N–H and O–H groups in total. The summed E-state index contributed by atoms with van der Waals surface area (Å²) in [7, 11) is 3.99. The minimum Gasteiger partial charge on any atom is -0.393 e. The lowest BCUT2D eigenvalue weighted by atomic mass is 9.84. The van der Waals surface area contributed by atoms with E-state index in [0.717, 1.165) is 52.2 Å². The number of aliphatic hydroxyl groups is 1. The van der Waals surface area contributed by atoms with Crippen LogP contribution in [0.25, 0.3) is 10.9 Å². The van der Waals surface area contributed by atoms with E-state index in [1.54, 1.807) is 0 Å². The number of fused-ring (bicyclic) bond motifs is 1. The van der Waals surface area contributed by atoms with Crippen LogP contribution in [0.1, 0.15) is 92.3 Å². The fourth-order valence-corrected chi connectivity index (χ4v) is 6.67. The highest BCUT2D eigenvalue weighted by Gasteiger charge is 2.16. The highest BCUT2D eigenvalue weighted by atomic mass is 35.5. The molecule has 0 saturated heterocycles. The minimum absolute atomic E-state index is 0.0754. The first-order valence-electron chi connectivity index (χ1n) is 17.2. The maximum Gasteiger partial charge on any atom is 0.139 e. The summed E-state index contributed by atoms with van der Waals surface area (Å²) in [5, 5.41) is 12.6. The molecule has 0 spiro atoms. The van der Waals surface area contributed by atoms with E-state index in [-0.39, 0.29) is 11.5 Å². The molecule has 1 aliphatic rings. The van der Waals surface area contributed by atoms with Gasteiger partial charge in [0.1, 0.15) is 11.6 Å². The summed E-state index contributed by atoms with van der Waals surface area (Å²) in [6, 6.07) is 16.0. The van der Waals surface area contributed by atoms with Crippen LogP contribution in [0.15, 0.2) is 89.9 Å². The van der Waals surface area contributed by atoms with E-state index in [1.807, 2.05) is 98.4 Å². The zero-order valence-electron chi connectivity index (χ0n) is 30.5. The van der Waals surface area contributed by atoms with Crippen LogP contribution in [0, 0.1) is 24.2 Å². The molecule has 258 valence electrons. The van der Waals surface area contributed by atoms with Crippen LogP contribution < -0.4 is 4.90 Å². The van der Waals surface area contributed by atoms with Crippen molar-refractivity contribution in [2.45, 2.75) is 110 Å². The Morgan fingerprint density at radius 1 is 1.02 bits per heavy atom. The molecule has 0 bridgehead atoms. The molecular weight excluding hydrogens is 618 g/mol. The molecule has 2 atom stereocenters. The molecule has 2 aromatic carbocycles. The van der Waals surface area contributed by atoms with Gasteiger partial charge in [0, 0.05) is 34.6 Å². The number of aliphatic hydroxyl groups excluding tert-OH is 1. The highest BCUT2D eigenvalue weighted by Crippen LogP contribution is 2.31. The zero-order chi connectivity index (χ0) is 35.0. The number of nitrogens with zero attached hydrogens (tertiary/aromatic N) is 3. The molecule has 1 aliphatic carbocycles. The average molecular weight is 678 g/mol. The van der Waals surface area contributed by atoms with Gasteiger partial charge in [-0.05, 0) is 85.4 Å². The Morgan fingerprint density at radius 2 is 1.62 bits per heavy atom. The summed E-state index contributed by atoms with van der Waals surface area (Å²) in [5.74, 6) is 3.83. The molecule has 0 amide bonds. The number of aryl methyl sites for hydroxylation is 1. The lowest BCUT2D eigenvalue weighted by molar-refractivity contribution is 0.166. The lowest BCUT2D eigenvalue weighted by Gasteiger charge is -2.22. The van der Waals surface area contributed by atoms with Gasteiger partial charge in [-0.3, -0.25) is 0 Å². The van der Waals surface area contributed by atoms with E-state index in [0.29, 0.717) is 11.7 Å². The van der Waals surface area contributed by atoms with Gasteiger partial charge >= 0.3 is 0 Å². The number of allylic oxidation sites excluding steroid dienone is 4. The largest absolute Gasteiger partial charge is 0.393 e. The molecule has 1 aromatic heterocycles. The van der Waals surface area contributed by atoms with Gasteiger partial charge in [0.2, 0.25) is 0 Å². The Morgan fingerprint density at radius 3 is 2.15 bits per heavy atom. The van der Waals surface area contributed by atoms with Gasteiger partial charge in [-0.25, -0.2) is 9.97 Å². The van der Waals surface area contributed by atoms with Gasteiger partial charge in [0.15, 0.2) is 0 Å². The van der Waals surface area contributed by atoms with Crippen LogP contribution in [0.2, 0.25) is 5.02 Å². The second kappa shape index (κ2) is 20.7. The standard InChI is InChI=1S/C22H31ClOS.C11H13N3.C8H16/c1-6-9-17(22(3,4)5)10-8-11-19(24)16-20(7-2)25-21-14-12-18(23)13-15-21;1-8-12-10-7-5-4-6-9(10)11(13-8)14(2)3;1-7-3-5-8(2)6-4-7/h6,8-10,12-15,19-20,24H,1,7,11,16H2,2-5H3;4-7H,1-3H3;7-8H,3-6H2,1-2H3/b10-8-,17-9+;;. The van der Waals surface area contributed by atoms with Crippen molar-refractivity contribution in [2.75, 3.05) is 19.0 Å². The maximum absolute atomic E-state index is 10.4. The fraction of sp³-hybridized carbons (Fsp3) is 0.512. The van der Waals surface area contributed by atoms with Gasteiger partial charge in [-0.15, -0.1) is 11.8 Å². The van der Waals surface area contributed by atoms with Gasteiger partial charge in [0.05, 0.1) is 11.6 Å². The second-order valence-electron chi connectivity index (χ2n) is 14.1. The molecule has 0 aliphatic heterocycles. The number of hydrogen-bond acceptors (Lipinski definition) is 5. The Bertz CT molecular complexity index is 1390. The van der Waals surface area contributed by atoms with Gasteiger partial charge in [-0.1, -0.05) is 122 Å². The molecule has 1 heterocycles. The molecule has 6 heteroatoms. The summed E-state index contributed by atoms with van der Waals surface area (Å²) in [4.78, 5) is 12.0. The first kappa shape index (κ1) is 40.6.